The molecule has 0 radical (unpaired) electrons. The van der Waals surface area contributed by atoms with Gasteiger partial charge in [0.15, 0.2) is 0 Å². The third-order valence-corrected chi connectivity index (χ3v) is 1.44. The van der Waals surface area contributed by atoms with E-state index >= 15 is 0 Å². The minimum Gasteiger partial charge on any atom is -0.397 e. The van der Waals surface area contributed by atoms with Crippen LogP contribution in [0.2, 0.25) is 0 Å². The standard InChI is InChI=1S/C8H11N3/c1-2-6(9)8-7(10)4-3-5-11-8/h2-6H,1,9-10H2. The largest absolute Gasteiger partial charge is 0.397 e. The highest BCUT2D eigenvalue weighted by Gasteiger charge is 2.04. The van der Waals surface area contributed by atoms with Gasteiger partial charge in [-0.15, -0.1) is 6.58 Å². The van der Waals surface area contributed by atoms with Crippen molar-refractivity contribution in [3.05, 3.63) is 36.7 Å². The monoisotopic (exact) mass is 149 g/mol. The predicted octanol–water partition coefficient (Wildman–Crippen LogP) is 0.850. The molecule has 0 spiro atoms. The minimum absolute atomic E-state index is 0.267. The first-order valence-electron chi connectivity index (χ1n) is 3.34. The Bertz CT molecular complexity index is 257. The maximum atomic E-state index is 5.63. The number of nitrogens with zero attached hydrogens (tertiary/aromatic N) is 1. The van der Waals surface area contributed by atoms with Gasteiger partial charge in [0.2, 0.25) is 0 Å². The fourth-order valence-corrected chi connectivity index (χ4v) is 0.820. The normalized spacial score (nSPS) is 12.5. The van der Waals surface area contributed by atoms with Crippen LogP contribution in [0.15, 0.2) is 31.0 Å². The lowest BCUT2D eigenvalue weighted by atomic mass is 10.2. The summed E-state index contributed by atoms with van der Waals surface area (Å²) in [5.41, 5.74) is 12.5. The molecule has 0 saturated carbocycles. The molecule has 11 heavy (non-hydrogen) atoms. The smallest absolute Gasteiger partial charge is 0.0838 e. The van der Waals surface area contributed by atoms with E-state index in [2.05, 4.69) is 11.6 Å². The molecule has 0 aliphatic rings. The predicted molar refractivity (Wildman–Crippen MR) is 45.8 cm³/mol. The van der Waals surface area contributed by atoms with Crippen LogP contribution >= 0.6 is 0 Å². The highest BCUT2D eigenvalue weighted by molar-refractivity contribution is 5.44. The highest BCUT2D eigenvalue weighted by Crippen LogP contribution is 2.14. The van der Waals surface area contributed by atoms with Crippen molar-refractivity contribution in [2.75, 3.05) is 5.73 Å². The van der Waals surface area contributed by atoms with Gasteiger partial charge in [-0.25, -0.2) is 0 Å². The van der Waals surface area contributed by atoms with Crippen molar-refractivity contribution >= 4 is 5.69 Å². The first-order chi connectivity index (χ1) is 5.25. The molecule has 0 fully saturated rings. The summed E-state index contributed by atoms with van der Waals surface area (Å²) in [6.45, 7) is 3.56. The van der Waals surface area contributed by atoms with Gasteiger partial charge < -0.3 is 11.5 Å². The van der Waals surface area contributed by atoms with Gasteiger partial charge >= 0.3 is 0 Å². The number of rotatable bonds is 2. The molecule has 3 nitrogen and oxygen atoms in total. The molecule has 1 atom stereocenters. The molecule has 1 aromatic heterocycles. The minimum atomic E-state index is -0.267. The van der Waals surface area contributed by atoms with Crippen molar-refractivity contribution in [1.82, 2.24) is 4.98 Å². The van der Waals surface area contributed by atoms with E-state index in [1.807, 2.05) is 0 Å². The zero-order valence-corrected chi connectivity index (χ0v) is 6.20. The van der Waals surface area contributed by atoms with Gasteiger partial charge in [0.25, 0.3) is 0 Å². The lowest BCUT2D eigenvalue weighted by Crippen LogP contribution is -2.11. The summed E-state index contributed by atoms with van der Waals surface area (Å²) in [4.78, 5) is 4.03. The van der Waals surface area contributed by atoms with Crippen molar-refractivity contribution < 1.29 is 0 Å². The van der Waals surface area contributed by atoms with Crippen LogP contribution in [-0.4, -0.2) is 4.98 Å². The van der Waals surface area contributed by atoms with Crippen LogP contribution in [0.1, 0.15) is 11.7 Å². The van der Waals surface area contributed by atoms with Crippen LogP contribution in [0.25, 0.3) is 0 Å². The number of anilines is 1. The molecule has 1 heterocycles. The Kier molecular flexibility index (Phi) is 2.23. The van der Waals surface area contributed by atoms with E-state index < -0.39 is 0 Å². The summed E-state index contributed by atoms with van der Waals surface area (Å²) in [6, 6.07) is 3.27. The van der Waals surface area contributed by atoms with Gasteiger partial charge in [0.1, 0.15) is 0 Å². The van der Waals surface area contributed by atoms with Gasteiger partial charge in [-0.05, 0) is 12.1 Å². The van der Waals surface area contributed by atoms with Crippen LogP contribution in [0, 0.1) is 0 Å². The zero-order valence-electron chi connectivity index (χ0n) is 6.20. The maximum Gasteiger partial charge on any atom is 0.0838 e. The second kappa shape index (κ2) is 3.16. The third-order valence-electron chi connectivity index (χ3n) is 1.44. The lowest BCUT2D eigenvalue weighted by Gasteiger charge is -2.06. The molecule has 0 aliphatic carbocycles. The summed E-state index contributed by atoms with van der Waals surface area (Å²) in [6.07, 6.45) is 3.27. The zero-order chi connectivity index (χ0) is 8.27. The number of aromatic nitrogens is 1. The number of pyridine rings is 1. The topological polar surface area (TPSA) is 64.9 Å². The fraction of sp³-hybridized carbons (Fsp3) is 0.125. The quantitative estimate of drug-likeness (QED) is 0.612. The lowest BCUT2D eigenvalue weighted by molar-refractivity contribution is 0.868. The summed E-state index contributed by atoms with van der Waals surface area (Å²) in [5, 5.41) is 0. The molecule has 1 aromatic rings. The molecule has 0 aromatic carbocycles. The molecular weight excluding hydrogens is 138 g/mol. The molecule has 0 aliphatic heterocycles. The molecule has 0 saturated heterocycles. The molecule has 1 rings (SSSR count). The number of nitrogens with two attached hydrogens (primary N) is 2. The van der Waals surface area contributed by atoms with Crippen molar-refractivity contribution in [3.8, 4) is 0 Å². The second-order valence-corrected chi connectivity index (χ2v) is 2.24. The maximum absolute atomic E-state index is 5.63. The van der Waals surface area contributed by atoms with Gasteiger partial charge in [-0.3, -0.25) is 4.98 Å². The number of hydrogen-bond acceptors (Lipinski definition) is 3. The first-order valence-corrected chi connectivity index (χ1v) is 3.34. The van der Waals surface area contributed by atoms with Crippen molar-refractivity contribution in [3.63, 3.8) is 0 Å². The molecular formula is C8H11N3. The molecule has 3 heteroatoms. The van der Waals surface area contributed by atoms with Gasteiger partial charge in [-0.1, -0.05) is 6.08 Å². The van der Waals surface area contributed by atoms with Gasteiger partial charge in [0, 0.05) is 6.20 Å². The van der Waals surface area contributed by atoms with E-state index in [1.165, 1.54) is 0 Å². The van der Waals surface area contributed by atoms with E-state index in [0.717, 1.165) is 0 Å². The Morgan fingerprint density at radius 3 is 2.91 bits per heavy atom. The molecule has 0 bridgehead atoms. The van der Waals surface area contributed by atoms with Crippen LogP contribution in [-0.2, 0) is 0 Å². The summed E-state index contributed by atoms with van der Waals surface area (Å²) < 4.78 is 0. The number of nitrogen functional groups attached to an aromatic ring is 1. The van der Waals surface area contributed by atoms with Crippen molar-refractivity contribution in [2.24, 2.45) is 5.73 Å². The summed E-state index contributed by atoms with van der Waals surface area (Å²) in [7, 11) is 0. The van der Waals surface area contributed by atoms with Crippen LogP contribution in [0.3, 0.4) is 0 Å². The second-order valence-electron chi connectivity index (χ2n) is 2.24. The SMILES string of the molecule is C=CC(N)c1ncccc1N. The van der Waals surface area contributed by atoms with E-state index in [0.29, 0.717) is 11.4 Å². The molecule has 4 N–H and O–H groups in total. The first kappa shape index (κ1) is 7.75. The van der Waals surface area contributed by atoms with Gasteiger partial charge in [0.05, 0.1) is 17.4 Å². The van der Waals surface area contributed by atoms with E-state index in [4.69, 9.17) is 11.5 Å². The average Bonchev–Trinajstić information content (AvgIpc) is 2.04. The third kappa shape index (κ3) is 1.56. The molecule has 58 valence electrons. The van der Waals surface area contributed by atoms with Crippen molar-refractivity contribution in [2.45, 2.75) is 6.04 Å². The number of hydrogen-bond donors (Lipinski definition) is 2. The van der Waals surface area contributed by atoms with Gasteiger partial charge in [-0.2, -0.15) is 0 Å². The fourth-order valence-electron chi connectivity index (χ4n) is 0.820. The molecule has 1 unspecified atom stereocenters. The Labute approximate surface area is 65.7 Å². The average molecular weight is 149 g/mol. The van der Waals surface area contributed by atoms with Crippen LogP contribution in [0.5, 0.6) is 0 Å². The van der Waals surface area contributed by atoms with E-state index in [-0.39, 0.29) is 6.04 Å². The van der Waals surface area contributed by atoms with Crippen LogP contribution < -0.4 is 11.5 Å². The summed E-state index contributed by atoms with van der Waals surface area (Å²) in [5.74, 6) is 0. The van der Waals surface area contributed by atoms with E-state index in [1.54, 1.807) is 24.4 Å². The Morgan fingerprint density at radius 2 is 2.36 bits per heavy atom. The van der Waals surface area contributed by atoms with E-state index in [9.17, 15) is 0 Å². The molecule has 0 amide bonds. The highest BCUT2D eigenvalue weighted by atomic mass is 14.8. The Morgan fingerprint density at radius 1 is 1.64 bits per heavy atom. The Balaban J connectivity index is 3.02. The summed E-state index contributed by atoms with van der Waals surface area (Å²) >= 11 is 0. The van der Waals surface area contributed by atoms with Crippen molar-refractivity contribution in [1.29, 1.82) is 0 Å². The van der Waals surface area contributed by atoms with Crippen LogP contribution in [0.4, 0.5) is 5.69 Å². The Hall–Kier alpha value is -1.35.